The smallest absolute Gasteiger partial charge is 0.254 e. The lowest BCUT2D eigenvalue weighted by Crippen LogP contribution is -2.57. The van der Waals surface area contributed by atoms with Gasteiger partial charge in [0.25, 0.3) is 11.8 Å². The Labute approximate surface area is 210 Å². The van der Waals surface area contributed by atoms with E-state index in [0.717, 1.165) is 30.6 Å². The molecule has 3 fully saturated rings. The third-order valence-electron chi connectivity index (χ3n) is 8.31. The minimum Gasteiger partial charge on any atom is -0.481 e. The van der Waals surface area contributed by atoms with Crippen molar-refractivity contribution < 1.29 is 19.1 Å². The maximum atomic E-state index is 14.4. The van der Waals surface area contributed by atoms with Crippen LogP contribution in [0, 0.1) is 5.92 Å². The predicted octanol–water partition coefficient (Wildman–Crippen LogP) is 1.78. The predicted molar refractivity (Wildman–Crippen MR) is 133 cm³/mol. The standard InChI is InChI=1S/C27H31N5O4/c1-36-23-16-18(9-11-28-23)25(34)30-12-5-10-29-24(33)21-17-19-6-4-13-32(19)27(21)20-7-2-3-8-22(20)31(15-14-30)26(27)35/h2-3,7-9,11,16,19,21H,4-6,10,12-15,17H2,1H3,(H,29,33)/t19-,21-,27+/m0/s1. The van der Waals surface area contributed by atoms with Crippen molar-refractivity contribution >= 4 is 23.4 Å². The van der Waals surface area contributed by atoms with Gasteiger partial charge in [0, 0.05) is 61.3 Å². The van der Waals surface area contributed by atoms with E-state index in [2.05, 4.69) is 15.2 Å². The molecule has 36 heavy (non-hydrogen) atoms. The number of nitrogens with one attached hydrogen (secondary N) is 1. The van der Waals surface area contributed by atoms with E-state index in [4.69, 9.17) is 4.74 Å². The topological polar surface area (TPSA) is 95.1 Å². The number of fused-ring (bicyclic) bond motifs is 4. The number of hydrogen-bond donors (Lipinski definition) is 1. The number of amides is 3. The number of para-hydroxylation sites is 1. The summed E-state index contributed by atoms with van der Waals surface area (Å²) in [7, 11) is 1.52. The fraction of sp³-hybridized carbons (Fsp3) is 0.481. The van der Waals surface area contributed by atoms with Crippen molar-refractivity contribution in [3.63, 3.8) is 0 Å². The van der Waals surface area contributed by atoms with Gasteiger partial charge in [0.15, 0.2) is 0 Å². The van der Waals surface area contributed by atoms with E-state index < -0.39 is 11.5 Å². The fourth-order valence-corrected chi connectivity index (χ4v) is 6.76. The van der Waals surface area contributed by atoms with Crippen LogP contribution in [0.1, 0.15) is 41.6 Å². The summed E-state index contributed by atoms with van der Waals surface area (Å²) in [6.45, 7) is 2.51. The number of benzene rings is 1. The largest absolute Gasteiger partial charge is 0.481 e. The normalized spacial score (nSPS) is 28.0. The van der Waals surface area contributed by atoms with Crippen LogP contribution in [0.3, 0.4) is 0 Å². The van der Waals surface area contributed by atoms with Crippen LogP contribution >= 0.6 is 0 Å². The number of nitrogens with zero attached hydrogens (tertiary/aromatic N) is 4. The average molecular weight is 490 g/mol. The summed E-state index contributed by atoms with van der Waals surface area (Å²) in [5.41, 5.74) is 1.30. The van der Waals surface area contributed by atoms with Gasteiger partial charge in [-0.15, -0.1) is 0 Å². The third kappa shape index (κ3) is 3.32. The molecule has 3 amide bonds. The van der Waals surface area contributed by atoms with E-state index in [1.807, 2.05) is 29.2 Å². The summed E-state index contributed by atoms with van der Waals surface area (Å²) < 4.78 is 5.20. The lowest BCUT2D eigenvalue weighted by atomic mass is 9.78. The second-order valence-corrected chi connectivity index (χ2v) is 10.0. The number of pyridine rings is 1. The van der Waals surface area contributed by atoms with E-state index in [-0.39, 0.29) is 23.8 Å². The van der Waals surface area contributed by atoms with Crippen LogP contribution in [0.2, 0.25) is 0 Å². The fourth-order valence-electron chi connectivity index (χ4n) is 6.76. The number of carbonyl (C=O) groups excluding carboxylic acids is 3. The minimum atomic E-state index is -0.964. The molecule has 6 rings (SSSR count). The van der Waals surface area contributed by atoms with Gasteiger partial charge in [-0.25, -0.2) is 4.98 Å². The van der Waals surface area contributed by atoms with Crippen LogP contribution in [0.5, 0.6) is 5.88 Å². The maximum Gasteiger partial charge on any atom is 0.254 e. The highest BCUT2D eigenvalue weighted by Crippen LogP contribution is 2.57. The molecule has 4 aliphatic rings. The SMILES string of the molecule is COc1cc(C(=O)N2CCCNC(=O)[C@@H]3C[C@@H]4CCCN4[C@@]34C(=O)N(CC2)c2ccccc24)ccn1. The molecule has 2 aromatic rings. The Hall–Kier alpha value is -3.46. The van der Waals surface area contributed by atoms with Gasteiger partial charge in [0.05, 0.1) is 13.0 Å². The molecule has 1 aromatic heterocycles. The molecule has 4 aliphatic heterocycles. The first-order valence-corrected chi connectivity index (χ1v) is 12.8. The Morgan fingerprint density at radius 2 is 1.97 bits per heavy atom. The molecule has 1 spiro atoms. The van der Waals surface area contributed by atoms with Crippen molar-refractivity contribution in [3.8, 4) is 5.88 Å². The summed E-state index contributed by atoms with van der Waals surface area (Å²) in [4.78, 5) is 51.4. The molecule has 1 aromatic carbocycles. The maximum absolute atomic E-state index is 14.4. The van der Waals surface area contributed by atoms with Gasteiger partial charge in [-0.1, -0.05) is 18.2 Å². The molecule has 3 saturated heterocycles. The van der Waals surface area contributed by atoms with Gasteiger partial charge in [0.2, 0.25) is 11.8 Å². The molecule has 0 unspecified atom stereocenters. The van der Waals surface area contributed by atoms with E-state index in [1.54, 1.807) is 23.2 Å². The second kappa shape index (κ2) is 8.89. The highest BCUT2D eigenvalue weighted by molar-refractivity contribution is 6.11. The van der Waals surface area contributed by atoms with Crippen molar-refractivity contribution in [2.45, 2.75) is 37.3 Å². The number of hydrogen-bond acceptors (Lipinski definition) is 6. The first kappa shape index (κ1) is 23.0. The summed E-state index contributed by atoms with van der Waals surface area (Å²) >= 11 is 0. The highest BCUT2D eigenvalue weighted by Gasteiger charge is 2.67. The second-order valence-electron chi connectivity index (χ2n) is 10.0. The van der Waals surface area contributed by atoms with Gasteiger partial charge in [-0.05, 0) is 44.4 Å². The first-order chi connectivity index (χ1) is 17.6. The van der Waals surface area contributed by atoms with Gasteiger partial charge in [-0.3, -0.25) is 19.3 Å². The molecule has 5 heterocycles. The lowest BCUT2D eigenvalue weighted by Gasteiger charge is -2.38. The van der Waals surface area contributed by atoms with Crippen LogP contribution < -0.4 is 15.0 Å². The summed E-state index contributed by atoms with van der Waals surface area (Å²) in [5.74, 6) is -0.283. The van der Waals surface area contributed by atoms with Crippen LogP contribution in [-0.2, 0) is 15.1 Å². The molecule has 0 radical (unpaired) electrons. The molecule has 0 aliphatic carbocycles. The summed E-state index contributed by atoms with van der Waals surface area (Å²) in [6.07, 6.45) is 4.94. The molecule has 2 bridgehead atoms. The van der Waals surface area contributed by atoms with E-state index in [0.29, 0.717) is 50.5 Å². The van der Waals surface area contributed by atoms with E-state index in [9.17, 15) is 14.4 Å². The zero-order chi connectivity index (χ0) is 24.9. The van der Waals surface area contributed by atoms with Gasteiger partial charge < -0.3 is 19.9 Å². The average Bonchev–Trinajstić information content (AvgIpc) is 3.56. The Balaban J connectivity index is 1.38. The first-order valence-electron chi connectivity index (χ1n) is 12.8. The number of methoxy groups -OCH3 is 1. The molecule has 0 saturated carbocycles. The van der Waals surface area contributed by atoms with Crippen LogP contribution in [0.15, 0.2) is 42.6 Å². The molecular formula is C27H31N5O4. The molecule has 188 valence electrons. The molecule has 3 atom stereocenters. The number of aromatic nitrogens is 1. The number of rotatable bonds is 2. The number of ether oxygens (including phenoxy) is 1. The molecule has 9 heteroatoms. The third-order valence-corrected chi connectivity index (χ3v) is 8.31. The Bertz CT molecular complexity index is 1220. The Morgan fingerprint density at radius 3 is 2.83 bits per heavy atom. The van der Waals surface area contributed by atoms with Gasteiger partial charge in [-0.2, -0.15) is 0 Å². The van der Waals surface area contributed by atoms with Gasteiger partial charge >= 0.3 is 0 Å². The van der Waals surface area contributed by atoms with Crippen LogP contribution in [0.4, 0.5) is 5.69 Å². The van der Waals surface area contributed by atoms with Crippen molar-refractivity contribution in [1.29, 1.82) is 0 Å². The monoisotopic (exact) mass is 489 g/mol. The van der Waals surface area contributed by atoms with Crippen molar-refractivity contribution in [2.75, 3.05) is 44.7 Å². The molecule has 1 N–H and O–H groups in total. The number of anilines is 1. The molecular weight excluding hydrogens is 458 g/mol. The Kier molecular flexibility index (Phi) is 5.67. The van der Waals surface area contributed by atoms with Crippen LogP contribution in [-0.4, -0.2) is 78.4 Å². The minimum absolute atomic E-state index is 0.0354. The van der Waals surface area contributed by atoms with Crippen molar-refractivity contribution in [2.24, 2.45) is 5.92 Å². The lowest BCUT2D eigenvalue weighted by molar-refractivity contribution is -0.139. The van der Waals surface area contributed by atoms with E-state index in [1.165, 1.54) is 7.11 Å². The summed E-state index contributed by atoms with van der Waals surface area (Å²) in [5, 5.41) is 3.10. The zero-order valence-corrected chi connectivity index (χ0v) is 20.5. The molecule has 9 nitrogen and oxygen atoms in total. The highest BCUT2D eigenvalue weighted by atomic mass is 16.5. The van der Waals surface area contributed by atoms with Crippen LogP contribution in [0.25, 0.3) is 0 Å². The quantitative estimate of drug-likeness (QED) is 0.691. The number of carbonyl (C=O) groups is 3. The van der Waals surface area contributed by atoms with Crippen molar-refractivity contribution in [1.82, 2.24) is 20.1 Å². The van der Waals surface area contributed by atoms with E-state index >= 15 is 0 Å². The van der Waals surface area contributed by atoms with Crippen molar-refractivity contribution in [3.05, 3.63) is 53.7 Å². The van der Waals surface area contributed by atoms with Gasteiger partial charge in [0.1, 0.15) is 5.54 Å². The Morgan fingerprint density at radius 1 is 1.11 bits per heavy atom. The summed E-state index contributed by atoms with van der Waals surface area (Å²) in [6, 6.07) is 11.4. The zero-order valence-electron chi connectivity index (χ0n) is 20.5.